The Morgan fingerprint density at radius 2 is 1.71 bits per heavy atom. The van der Waals surface area contributed by atoms with Crippen LogP contribution < -0.4 is 4.90 Å². The standard InChI is InChI=1S/C37H48ClFN6O4/c1-8-43(22(2)3)34(46)30-19-25(39)11-14-28(30)29-20-27(21-44-23(4)40-33(38)32(29)44)41-15-17-42(18-16-41)35(47)31-24-9-12-26(13-10-24)45(31)36(48)49-37(5,6)7/h11,14,19-22,24,26,31H,8-10,12-13,15-18H2,1-7H3/t24?,26?,31-/m1/s1. The van der Waals surface area contributed by atoms with Crippen molar-refractivity contribution in [2.45, 2.75) is 97.9 Å². The molecule has 4 fully saturated rings. The number of carbonyl (C=O) groups is 3. The first-order valence-corrected chi connectivity index (χ1v) is 17.9. The van der Waals surface area contributed by atoms with Crippen LogP contribution in [-0.4, -0.2) is 98.4 Å². The number of hydrogen-bond donors (Lipinski definition) is 0. The number of hydrogen-bond acceptors (Lipinski definition) is 6. The molecular weight excluding hydrogens is 647 g/mol. The minimum atomic E-state index is -0.642. The van der Waals surface area contributed by atoms with Gasteiger partial charge in [0.1, 0.15) is 23.3 Å². The number of amides is 3. The number of piperazine rings is 1. The van der Waals surface area contributed by atoms with E-state index in [1.165, 1.54) is 12.1 Å². The van der Waals surface area contributed by atoms with Crippen LogP contribution in [0.1, 0.15) is 83.4 Å². The van der Waals surface area contributed by atoms with Gasteiger partial charge in [0.25, 0.3) is 5.91 Å². The first kappa shape index (κ1) is 35.0. The summed E-state index contributed by atoms with van der Waals surface area (Å²) >= 11 is 6.70. The predicted molar refractivity (Wildman–Crippen MR) is 189 cm³/mol. The fourth-order valence-corrected chi connectivity index (χ4v) is 8.23. The summed E-state index contributed by atoms with van der Waals surface area (Å²) in [6.45, 7) is 15.8. The van der Waals surface area contributed by atoms with Gasteiger partial charge in [-0.05, 0) is 104 Å². The molecule has 264 valence electrons. The molecule has 4 aliphatic rings. The normalized spacial score (nSPS) is 21.1. The van der Waals surface area contributed by atoms with Gasteiger partial charge >= 0.3 is 6.09 Å². The van der Waals surface area contributed by atoms with E-state index in [4.69, 9.17) is 16.3 Å². The van der Waals surface area contributed by atoms with Crippen LogP contribution in [0.15, 0.2) is 30.5 Å². The Hall–Kier alpha value is -3.86. The summed E-state index contributed by atoms with van der Waals surface area (Å²) in [5, 5.41) is 0.296. The van der Waals surface area contributed by atoms with Gasteiger partial charge in [-0.1, -0.05) is 17.7 Å². The van der Waals surface area contributed by atoms with Crippen molar-refractivity contribution < 1.29 is 23.5 Å². The number of ether oxygens (including phenoxy) is 1. The molecule has 1 atom stereocenters. The fraction of sp³-hybridized carbons (Fsp3) is 0.568. The lowest BCUT2D eigenvalue weighted by Gasteiger charge is -2.51. The topological polar surface area (TPSA) is 90.7 Å². The average Bonchev–Trinajstić information content (AvgIpc) is 3.36. The SMILES string of the molecule is CCN(C(=O)c1cc(F)ccc1-c1cc(N2CCN(C(=O)[C@H]3C4CCC(CC4)N3C(=O)OC(C)(C)C)CC2)cn2c(C)nc(Cl)c12)C(C)C. The molecule has 1 aromatic carbocycles. The highest BCUT2D eigenvalue weighted by atomic mass is 35.5. The van der Waals surface area contributed by atoms with Gasteiger partial charge in [0.15, 0.2) is 5.15 Å². The van der Waals surface area contributed by atoms with Crippen molar-refractivity contribution in [1.82, 2.24) is 24.1 Å². The van der Waals surface area contributed by atoms with Crippen LogP contribution in [0.4, 0.5) is 14.9 Å². The number of rotatable bonds is 6. The fourth-order valence-electron chi connectivity index (χ4n) is 7.92. The molecule has 3 aromatic rings. The van der Waals surface area contributed by atoms with Gasteiger partial charge in [-0.2, -0.15) is 0 Å². The van der Waals surface area contributed by atoms with Crippen molar-refractivity contribution in [2.75, 3.05) is 37.6 Å². The number of aryl methyl sites for hydroxylation is 1. The number of carbonyl (C=O) groups excluding carboxylic acids is 3. The van der Waals surface area contributed by atoms with Crippen LogP contribution in [0.3, 0.4) is 0 Å². The summed E-state index contributed by atoms with van der Waals surface area (Å²) in [5.74, 6) is 0.0557. The molecule has 3 aliphatic heterocycles. The van der Waals surface area contributed by atoms with Crippen LogP contribution in [0.2, 0.25) is 5.15 Å². The molecule has 1 aliphatic carbocycles. The van der Waals surface area contributed by atoms with E-state index in [0.717, 1.165) is 31.4 Å². The van der Waals surface area contributed by atoms with Gasteiger partial charge in [0, 0.05) is 56.6 Å². The quantitative estimate of drug-likeness (QED) is 0.282. The summed E-state index contributed by atoms with van der Waals surface area (Å²) in [7, 11) is 0. The predicted octanol–water partition coefficient (Wildman–Crippen LogP) is 6.80. The van der Waals surface area contributed by atoms with Crippen molar-refractivity contribution in [1.29, 1.82) is 0 Å². The minimum absolute atomic E-state index is 0.00613. The summed E-state index contributed by atoms with van der Waals surface area (Å²) in [5.41, 5.74) is 2.38. The van der Waals surface area contributed by atoms with Crippen molar-refractivity contribution >= 4 is 40.7 Å². The molecule has 10 nitrogen and oxygen atoms in total. The number of fused-ring (bicyclic) bond motifs is 4. The third-order valence-corrected chi connectivity index (χ3v) is 10.5. The number of piperidine rings is 2. The zero-order valence-electron chi connectivity index (χ0n) is 29.6. The van der Waals surface area contributed by atoms with Crippen molar-refractivity contribution in [3.8, 4) is 11.1 Å². The average molecular weight is 695 g/mol. The molecular formula is C37H48ClFN6O4. The highest BCUT2D eigenvalue weighted by molar-refractivity contribution is 6.33. The highest BCUT2D eigenvalue weighted by Crippen LogP contribution is 2.42. The van der Waals surface area contributed by atoms with Gasteiger partial charge in [0.2, 0.25) is 5.91 Å². The highest BCUT2D eigenvalue weighted by Gasteiger charge is 2.50. The monoisotopic (exact) mass is 694 g/mol. The number of imidazole rings is 1. The van der Waals surface area contributed by atoms with E-state index in [0.29, 0.717) is 60.3 Å². The molecule has 1 saturated carbocycles. The van der Waals surface area contributed by atoms with Gasteiger partial charge in [0.05, 0.1) is 16.8 Å². The van der Waals surface area contributed by atoms with E-state index in [9.17, 15) is 18.8 Å². The van der Waals surface area contributed by atoms with E-state index in [1.54, 1.807) is 15.9 Å². The largest absolute Gasteiger partial charge is 0.444 e. The van der Waals surface area contributed by atoms with Gasteiger partial charge in [-0.25, -0.2) is 14.2 Å². The summed E-state index contributed by atoms with van der Waals surface area (Å²) in [6, 6.07) is 5.74. The molecule has 2 bridgehead atoms. The lowest BCUT2D eigenvalue weighted by molar-refractivity contribution is -0.146. The zero-order valence-corrected chi connectivity index (χ0v) is 30.4. The molecule has 2 aromatic heterocycles. The number of benzene rings is 1. The molecule has 3 saturated heterocycles. The number of nitrogens with zero attached hydrogens (tertiary/aromatic N) is 6. The van der Waals surface area contributed by atoms with E-state index < -0.39 is 23.6 Å². The molecule has 3 amide bonds. The minimum Gasteiger partial charge on any atom is -0.444 e. The van der Waals surface area contributed by atoms with Crippen LogP contribution in [0.25, 0.3) is 16.6 Å². The second-order valence-corrected chi connectivity index (χ2v) is 15.2. The second kappa shape index (κ2) is 13.5. The smallest absolute Gasteiger partial charge is 0.411 e. The third-order valence-electron chi connectivity index (χ3n) is 10.3. The van der Waals surface area contributed by atoms with Crippen molar-refractivity contribution in [2.24, 2.45) is 5.92 Å². The molecule has 0 spiro atoms. The molecule has 0 N–H and O–H groups in total. The van der Waals surface area contributed by atoms with Crippen LogP contribution >= 0.6 is 11.6 Å². The number of halogens is 2. The lowest BCUT2D eigenvalue weighted by Crippen LogP contribution is -2.65. The Labute approximate surface area is 293 Å². The van der Waals surface area contributed by atoms with Gasteiger partial charge in [-0.15, -0.1) is 0 Å². The van der Waals surface area contributed by atoms with Crippen LogP contribution in [0, 0.1) is 18.7 Å². The van der Waals surface area contributed by atoms with Crippen molar-refractivity contribution in [3.05, 3.63) is 52.8 Å². The molecule has 49 heavy (non-hydrogen) atoms. The van der Waals surface area contributed by atoms with Gasteiger partial charge < -0.3 is 19.4 Å². The summed E-state index contributed by atoms with van der Waals surface area (Å²) in [6.07, 6.45) is 5.27. The van der Waals surface area contributed by atoms with Crippen LogP contribution in [-0.2, 0) is 9.53 Å². The van der Waals surface area contributed by atoms with Crippen molar-refractivity contribution in [3.63, 3.8) is 0 Å². The number of pyridine rings is 1. The third kappa shape index (κ3) is 6.70. The van der Waals surface area contributed by atoms with E-state index in [2.05, 4.69) is 9.88 Å². The van der Waals surface area contributed by atoms with E-state index in [1.807, 2.05) is 70.0 Å². The Kier molecular flexibility index (Phi) is 9.61. The number of aromatic nitrogens is 2. The maximum Gasteiger partial charge on any atom is 0.411 e. The maximum atomic E-state index is 14.7. The summed E-state index contributed by atoms with van der Waals surface area (Å²) in [4.78, 5) is 53.4. The molecule has 0 unspecified atom stereocenters. The van der Waals surface area contributed by atoms with Gasteiger partial charge in [-0.3, -0.25) is 18.9 Å². The molecule has 7 rings (SSSR count). The zero-order chi connectivity index (χ0) is 35.4. The molecule has 12 heteroatoms. The Morgan fingerprint density at radius 3 is 2.33 bits per heavy atom. The number of anilines is 1. The van der Waals surface area contributed by atoms with E-state index >= 15 is 0 Å². The first-order chi connectivity index (χ1) is 23.2. The first-order valence-electron chi connectivity index (χ1n) is 17.5. The summed E-state index contributed by atoms with van der Waals surface area (Å²) < 4.78 is 22.4. The molecule has 5 heterocycles. The Balaban J connectivity index is 1.29. The maximum absolute atomic E-state index is 14.7. The lowest BCUT2D eigenvalue weighted by atomic mass is 9.74. The second-order valence-electron chi connectivity index (χ2n) is 14.9. The Bertz CT molecular complexity index is 1750. The molecule has 0 radical (unpaired) electrons. The van der Waals surface area contributed by atoms with Crippen LogP contribution in [0.5, 0.6) is 0 Å². The van der Waals surface area contributed by atoms with E-state index in [-0.39, 0.29) is 35.4 Å². The Morgan fingerprint density at radius 1 is 1.04 bits per heavy atom.